The molecule has 2 aliphatic rings. The van der Waals surface area contributed by atoms with E-state index in [1.807, 2.05) is 16.4 Å². The third-order valence-corrected chi connectivity index (χ3v) is 5.88. The first-order valence-electron chi connectivity index (χ1n) is 10.2. The summed E-state index contributed by atoms with van der Waals surface area (Å²) in [6.07, 6.45) is 5.71. The fourth-order valence-electron chi connectivity index (χ4n) is 4.30. The summed E-state index contributed by atoms with van der Waals surface area (Å²) in [6.45, 7) is 5.60. The number of nitrogens with zero attached hydrogens (tertiary/aromatic N) is 2. The minimum Gasteiger partial charge on any atom is -0.367 e. The minimum atomic E-state index is -0.414. The van der Waals surface area contributed by atoms with Crippen LogP contribution in [0.25, 0.3) is 10.9 Å². The molecule has 6 nitrogen and oxygen atoms in total. The smallest absolute Gasteiger partial charge is 0.256 e. The zero-order valence-electron chi connectivity index (χ0n) is 16.3. The summed E-state index contributed by atoms with van der Waals surface area (Å²) in [4.78, 5) is 27.7. The summed E-state index contributed by atoms with van der Waals surface area (Å²) < 4.78 is 16.7. The number of fused-ring (bicyclic) bond motifs is 1. The lowest BCUT2D eigenvalue weighted by atomic mass is 10.1. The summed E-state index contributed by atoms with van der Waals surface area (Å²) in [5.74, 6) is -0.768. The predicted octanol–water partition coefficient (Wildman–Crippen LogP) is 2.24. The van der Waals surface area contributed by atoms with Crippen LogP contribution in [0.4, 0.5) is 10.1 Å². The van der Waals surface area contributed by atoms with Gasteiger partial charge in [-0.25, -0.2) is 4.39 Å². The van der Waals surface area contributed by atoms with Crippen LogP contribution in [0.15, 0.2) is 23.1 Å². The first-order valence-corrected chi connectivity index (χ1v) is 10.2. The molecule has 28 heavy (non-hydrogen) atoms. The third kappa shape index (κ3) is 3.51. The molecular formula is C21H27FN4O2. The lowest BCUT2D eigenvalue weighted by Crippen LogP contribution is -2.44. The van der Waals surface area contributed by atoms with Crippen molar-refractivity contribution in [1.82, 2.24) is 15.2 Å². The number of anilines is 1. The Morgan fingerprint density at radius 3 is 2.64 bits per heavy atom. The number of carbonyl (C=O) groups excluding carboxylic acids is 1. The maximum absolute atomic E-state index is 14.9. The van der Waals surface area contributed by atoms with Crippen LogP contribution in [0.2, 0.25) is 0 Å². The van der Waals surface area contributed by atoms with Crippen molar-refractivity contribution in [2.45, 2.75) is 45.2 Å². The number of carbonyl (C=O) groups is 1. The Morgan fingerprint density at radius 2 is 1.96 bits per heavy atom. The topological polar surface area (TPSA) is 66.4 Å². The fourth-order valence-corrected chi connectivity index (χ4v) is 4.30. The molecule has 2 N–H and O–H groups in total. The molecule has 2 aromatic rings. The number of hydrogen-bond acceptors (Lipinski definition) is 4. The first kappa shape index (κ1) is 18.9. The number of rotatable bonds is 4. The van der Waals surface area contributed by atoms with E-state index in [4.69, 9.17) is 0 Å². The molecule has 1 aromatic heterocycles. The Hall–Kier alpha value is -2.41. The Balaban J connectivity index is 1.76. The van der Waals surface area contributed by atoms with Crippen LogP contribution in [0.3, 0.4) is 0 Å². The van der Waals surface area contributed by atoms with Crippen molar-refractivity contribution in [2.24, 2.45) is 0 Å². The Labute approximate surface area is 163 Å². The molecule has 1 aliphatic heterocycles. The summed E-state index contributed by atoms with van der Waals surface area (Å²) in [5.41, 5.74) is 0.870. The van der Waals surface area contributed by atoms with Gasteiger partial charge in [0.2, 0.25) is 5.43 Å². The van der Waals surface area contributed by atoms with Crippen molar-refractivity contribution in [3.05, 3.63) is 39.9 Å². The van der Waals surface area contributed by atoms with Crippen molar-refractivity contribution in [1.29, 1.82) is 0 Å². The SMILES string of the molecule is CCn1cc(C(=O)NC2CCCC2)c(=O)c2cc(F)c(N3CCNCC3)cc21. The average Bonchev–Trinajstić information content (AvgIpc) is 3.22. The highest BCUT2D eigenvalue weighted by Crippen LogP contribution is 2.26. The first-order chi connectivity index (χ1) is 13.6. The van der Waals surface area contributed by atoms with Gasteiger partial charge in [-0.05, 0) is 31.9 Å². The van der Waals surface area contributed by atoms with E-state index in [1.165, 1.54) is 6.07 Å². The van der Waals surface area contributed by atoms with Gasteiger partial charge < -0.3 is 20.1 Å². The second-order valence-electron chi connectivity index (χ2n) is 7.67. The number of piperazine rings is 1. The molecule has 0 unspecified atom stereocenters. The van der Waals surface area contributed by atoms with Gasteiger partial charge in [-0.1, -0.05) is 12.8 Å². The van der Waals surface area contributed by atoms with Gasteiger partial charge in [0.25, 0.3) is 5.91 Å². The van der Waals surface area contributed by atoms with Crippen LogP contribution < -0.4 is 21.0 Å². The number of benzene rings is 1. The maximum Gasteiger partial charge on any atom is 0.256 e. The van der Waals surface area contributed by atoms with E-state index in [9.17, 15) is 14.0 Å². The third-order valence-electron chi connectivity index (χ3n) is 5.88. The number of halogens is 1. The number of nitrogens with one attached hydrogen (secondary N) is 2. The molecule has 0 atom stereocenters. The van der Waals surface area contributed by atoms with Gasteiger partial charge in [0.1, 0.15) is 11.4 Å². The molecule has 1 aromatic carbocycles. The monoisotopic (exact) mass is 386 g/mol. The quantitative estimate of drug-likeness (QED) is 0.846. The van der Waals surface area contributed by atoms with E-state index in [2.05, 4.69) is 10.6 Å². The largest absolute Gasteiger partial charge is 0.367 e. The van der Waals surface area contributed by atoms with Crippen LogP contribution in [0, 0.1) is 5.82 Å². The highest BCUT2D eigenvalue weighted by molar-refractivity contribution is 5.98. The highest BCUT2D eigenvalue weighted by Gasteiger charge is 2.23. The molecule has 1 saturated carbocycles. The molecule has 2 heterocycles. The van der Waals surface area contributed by atoms with Crippen LogP contribution >= 0.6 is 0 Å². The minimum absolute atomic E-state index is 0.0931. The molecule has 2 fully saturated rings. The van der Waals surface area contributed by atoms with Crippen LogP contribution in [0.5, 0.6) is 0 Å². The van der Waals surface area contributed by atoms with E-state index in [0.29, 0.717) is 17.7 Å². The molecule has 0 spiro atoms. The van der Waals surface area contributed by atoms with Gasteiger partial charge in [0.05, 0.1) is 11.2 Å². The molecule has 4 rings (SSSR count). The van der Waals surface area contributed by atoms with Gasteiger partial charge in [0.15, 0.2) is 0 Å². The molecule has 7 heteroatoms. The van der Waals surface area contributed by atoms with E-state index in [1.54, 1.807) is 12.3 Å². The molecule has 150 valence electrons. The van der Waals surface area contributed by atoms with Crippen LogP contribution in [0.1, 0.15) is 43.0 Å². The fraction of sp³-hybridized carbons (Fsp3) is 0.524. The molecular weight excluding hydrogens is 359 g/mol. The van der Waals surface area contributed by atoms with Gasteiger partial charge in [-0.2, -0.15) is 0 Å². The van der Waals surface area contributed by atoms with E-state index < -0.39 is 11.2 Å². The van der Waals surface area contributed by atoms with Gasteiger partial charge in [-0.15, -0.1) is 0 Å². The molecule has 1 saturated heterocycles. The van der Waals surface area contributed by atoms with E-state index in [-0.39, 0.29) is 22.9 Å². The molecule has 1 aliphatic carbocycles. The number of pyridine rings is 1. The Morgan fingerprint density at radius 1 is 1.25 bits per heavy atom. The lowest BCUT2D eigenvalue weighted by Gasteiger charge is -2.30. The summed E-state index contributed by atoms with van der Waals surface area (Å²) in [7, 11) is 0. The van der Waals surface area contributed by atoms with E-state index >= 15 is 0 Å². The molecule has 0 radical (unpaired) electrons. The summed E-state index contributed by atoms with van der Waals surface area (Å²) in [5, 5.41) is 6.49. The van der Waals surface area contributed by atoms with Gasteiger partial charge in [-0.3, -0.25) is 9.59 Å². The zero-order valence-corrected chi connectivity index (χ0v) is 16.3. The zero-order chi connectivity index (χ0) is 19.7. The normalized spacial score (nSPS) is 18.0. The average molecular weight is 386 g/mol. The van der Waals surface area contributed by atoms with Crippen LogP contribution in [-0.4, -0.2) is 42.7 Å². The predicted molar refractivity (Wildman–Crippen MR) is 109 cm³/mol. The van der Waals surface area contributed by atoms with Gasteiger partial charge >= 0.3 is 0 Å². The summed E-state index contributed by atoms with van der Waals surface area (Å²) in [6, 6.07) is 3.18. The Kier molecular flexibility index (Phi) is 5.35. The molecule has 0 bridgehead atoms. The van der Waals surface area contributed by atoms with Crippen molar-refractivity contribution in [3.8, 4) is 0 Å². The highest BCUT2D eigenvalue weighted by atomic mass is 19.1. The maximum atomic E-state index is 14.9. The number of aryl methyl sites for hydroxylation is 1. The lowest BCUT2D eigenvalue weighted by molar-refractivity contribution is 0.0936. The Bertz CT molecular complexity index is 944. The second kappa shape index (κ2) is 7.91. The molecule has 1 amide bonds. The van der Waals surface area contributed by atoms with Crippen molar-refractivity contribution >= 4 is 22.5 Å². The van der Waals surface area contributed by atoms with Crippen LogP contribution in [-0.2, 0) is 6.54 Å². The number of hydrogen-bond donors (Lipinski definition) is 2. The van der Waals surface area contributed by atoms with Crippen molar-refractivity contribution in [2.75, 3.05) is 31.1 Å². The second-order valence-corrected chi connectivity index (χ2v) is 7.67. The van der Waals surface area contributed by atoms with Gasteiger partial charge in [0, 0.05) is 50.3 Å². The number of amides is 1. The van der Waals surface area contributed by atoms with Crippen molar-refractivity contribution in [3.63, 3.8) is 0 Å². The number of aromatic nitrogens is 1. The van der Waals surface area contributed by atoms with E-state index in [0.717, 1.165) is 51.9 Å². The summed E-state index contributed by atoms with van der Waals surface area (Å²) >= 11 is 0. The van der Waals surface area contributed by atoms with Crippen molar-refractivity contribution < 1.29 is 9.18 Å². The standard InChI is InChI=1S/C21H27FN4O2/c1-2-25-13-16(21(28)24-14-5-3-4-6-14)20(27)15-11-17(22)19(12-18(15)25)26-9-7-23-8-10-26/h11-14,23H,2-10H2,1H3,(H,24,28).